The number of nitrogens with one attached hydrogen (secondary N) is 2. The quantitative estimate of drug-likeness (QED) is 0.625. The van der Waals surface area contributed by atoms with Crippen LogP contribution < -0.4 is 10.6 Å². The first kappa shape index (κ1) is 17.9. The third-order valence-electron chi connectivity index (χ3n) is 3.73. The number of rotatable bonds is 5. The van der Waals surface area contributed by atoms with E-state index in [2.05, 4.69) is 20.8 Å². The number of thioether (sulfide) groups is 1. The Bertz CT molecular complexity index is 874. The second-order valence-corrected chi connectivity index (χ2v) is 6.92. The maximum absolute atomic E-state index is 12.2. The molecule has 2 N–H and O–H groups in total. The van der Waals surface area contributed by atoms with Crippen molar-refractivity contribution in [3.8, 4) is 0 Å². The number of carbonyl (C=O) groups is 2. The summed E-state index contributed by atoms with van der Waals surface area (Å²) in [5.41, 5.74) is 2.31. The number of amides is 2. The van der Waals surface area contributed by atoms with Gasteiger partial charge in [-0.15, -0.1) is 10.2 Å². The van der Waals surface area contributed by atoms with Gasteiger partial charge in [-0.05, 0) is 37.6 Å². The highest BCUT2D eigenvalue weighted by Crippen LogP contribution is 2.23. The SMILES string of the molecule is C/C(=N\N=C1/NC(=O)[C@H](CC(=O)Nc2ccccc2C)S1)c1ccco1. The van der Waals surface area contributed by atoms with Gasteiger partial charge in [0.05, 0.1) is 6.26 Å². The van der Waals surface area contributed by atoms with Gasteiger partial charge in [-0.25, -0.2) is 0 Å². The lowest BCUT2D eigenvalue weighted by Gasteiger charge is -2.09. The van der Waals surface area contributed by atoms with E-state index in [-0.39, 0.29) is 18.2 Å². The van der Waals surface area contributed by atoms with E-state index in [4.69, 9.17) is 4.42 Å². The molecule has 0 saturated carbocycles. The molecule has 1 fully saturated rings. The Morgan fingerprint density at radius 3 is 2.85 bits per heavy atom. The van der Waals surface area contributed by atoms with Crippen LogP contribution in [0.2, 0.25) is 0 Å². The van der Waals surface area contributed by atoms with Gasteiger partial charge in [0.15, 0.2) is 5.17 Å². The Hall–Kier alpha value is -2.87. The number of amidine groups is 1. The highest BCUT2D eigenvalue weighted by atomic mass is 32.2. The maximum atomic E-state index is 12.2. The Morgan fingerprint density at radius 2 is 2.12 bits per heavy atom. The number of hydrogen-bond acceptors (Lipinski definition) is 6. The molecule has 0 spiro atoms. The number of hydrogen-bond donors (Lipinski definition) is 2. The average Bonchev–Trinajstić information content (AvgIpc) is 3.25. The van der Waals surface area contributed by atoms with Crippen molar-refractivity contribution in [2.45, 2.75) is 25.5 Å². The van der Waals surface area contributed by atoms with E-state index < -0.39 is 5.25 Å². The van der Waals surface area contributed by atoms with Crippen molar-refractivity contribution in [3.63, 3.8) is 0 Å². The van der Waals surface area contributed by atoms with Crippen molar-refractivity contribution in [1.82, 2.24) is 5.32 Å². The maximum Gasteiger partial charge on any atom is 0.240 e. The minimum atomic E-state index is -0.531. The highest BCUT2D eigenvalue weighted by Gasteiger charge is 2.32. The zero-order valence-corrected chi connectivity index (χ0v) is 15.2. The van der Waals surface area contributed by atoms with Crippen LogP contribution in [0.25, 0.3) is 0 Å². The molecule has 1 aromatic carbocycles. The summed E-state index contributed by atoms with van der Waals surface area (Å²) < 4.78 is 5.22. The van der Waals surface area contributed by atoms with Gasteiger partial charge in [-0.1, -0.05) is 30.0 Å². The normalized spacial score (nSPS) is 18.8. The molecular formula is C18H18N4O3S. The van der Waals surface area contributed by atoms with E-state index in [0.717, 1.165) is 11.3 Å². The minimum Gasteiger partial charge on any atom is -0.463 e. The molecule has 1 aliphatic rings. The molecule has 2 aromatic rings. The van der Waals surface area contributed by atoms with Crippen LogP contribution >= 0.6 is 11.8 Å². The molecule has 3 rings (SSSR count). The van der Waals surface area contributed by atoms with Gasteiger partial charge in [0, 0.05) is 12.1 Å². The van der Waals surface area contributed by atoms with Crippen molar-refractivity contribution < 1.29 is 14.0 Å². The summed E-state index contributed by atoms with van der Waals surface area (Å²) in [6.07, 6.45) is 1.61. The lowest BCUT2D eigenvalue weighted by Crippen LogP contribution is -2.28. The van der Waals surface area contributed by atoms with E-state index in [1.165, 1.54) is 11.8 Å². The second-order valence-electron chi connectivity index (χ2n) is 5.73. The molecule has 0 radical (unpaired) electrons. The van der Waals surface area contributed by atoms with E-state index in [1.807, 2.05) is 31.2 Å². The van der Waals surface area contributed by atoms with Gasteiger partial charge in [0.1, 0.15) is 16.7 Å². The van der Waals surface area contributed by atoms with Gasteiger partial charge in [-0.2, -0.15) is 0 Å². The van der Waals surface area contributed by atoms with Crippen LogP contribution in [-0.2, 0) is 9.59 Å². The first-order chi connectivity index (χ1) is 12.5. The predicted octanol–water partition coefficient (Wildman–Crippen LogP) is 2.93. The molecule has 1 aliphatic heterocycles. The smallest absolute Gasteiger partial charge is 0.240 e. The van der Waals surface area contributed by atoms with Crippen molar-refractivity contribution >= 4 is 40.1 Å². The number of aryl methyl sites for hydroxylation is 1. The van der Waals surface area contributed by atoms with Gasteiger partial charge < -0.3 is 15.1 Å². The number of benzene rings is 1. The molecule has 1 saturated heterocycles. The third kappa shape index (κ3) is 4.40. The molecule has 7 nitrogen and oxygen atoms in total. The highest BCUT2D eigenvalue weighted by molar-refractivity contribution is 8.15. The van der Waals surface area contributed by atoms with Crippen LogP contribution in [0.3, 0.4) is 0 Å². The van der Waals surface area contributed by atoms with Gasteiger partial charge >= 0.3 is 0 Å². The van der Waals surface area contributed by atoms with Crippen molar-refractivity contribution in [2.24, 2.45) is 10.2 Å². The molecule has 1 aromatic heterocycles. The summed E-state index contributed by atoms with van der Waals surface area (Å²) in [4.78, 5) is 24.3. The van der Waals surface area contributed by atoms with E-state index in [0.29, 0.717) is 16.6 Å². The largest absolute Gasteiger partial charge is 0.463 e. The van der Waals surface area contributed by atoms with E-state index >= 15 is 0 Å². The fourth-order valence-electron chi connectivity index (χ4n) is 2.32. The molecule has 2 amide bonds. The van der Waals surface area contributed by atoms with Crippen LogP contribution in [0.1, 0.15) is 24.7 Å². The average molecular weight is 370 g/mol. The topological polar surface area (TPSA) is 96.1 Å². The first-order valence-corrected chi connectivity index (χ1v) is 8.90. The third-order valence-corrected chi connectivity index (χ3v) is 4.81. The molecule has 0 bridgehead atoms. The van der Waals surface area contributed by atoms with Gasteiger partial charge in [0.2, 0.25) is 11.8 Å². The molecule has 26 heavy (non-hydrogen) atoms. The zero-order valence-electron chi connectivity index (χ0n) is 14.4. The molecular weight excluding hydrogens is 352 g/mol. The standard InChI is InChI=1S/C18H18N4O3S/c1-11-6-3-4-7-13(11)19-16(23)10-15-17(24)20-18(26-15)22-21-12(2)14-8-5-9-25-14/h3-9,15H,10H2,1-2H3,(H,19,23)(H,20,22,24)/b21-12+/t15-/m0/s1. The zero-order chi connectivity index (χ0) is 18.5. The number of carbonyl (C=O) groups excluding carboxylic acids is 2. The molecule has 8 heteroatoms. The molecule has 1 atom stereocenters. The fraction of sp³-hybridized carbons (Fsp3) is 0.222. The first-order valence-electron chi connectivity index (χ1n) is 8.02. The summed E-state index contributed by atoms with van der Waals surface area (Å²) in [6.45, 7) is 3.67. The monoisotopic (exact) mass is 370 g/mol. The van der Waals surface area contributed by atoms with Crippen LogP contribution in [0.4, 0.5) is 5.69 Å². The molecule has 0 unspecified atom stereocenters. The van der Waals surface area contributed by atoms with Crippen LogP contribution in [-0.4, -0.2) is 27.9 Å². The Kier molecular flexibility index (Phi) is 5.52. The predicted molar refractivity (Wildman–Crippen MR) is 102 cm³/mol. The summed E-state index contributed by atoms with van der Waals surface area (Å²) >= 11 is 1.19. The van der Waals surface area contributed by atoms with E-state index in [9.17, 15) is 9.59 Å². The number of anilines is 1. The lowest BCUT2D eigenvalue weighted by molar-refractivity contribution is -0.122. The Labute approximate surface area is 155 Å². The van der Waals surface area contributed by atoms with Crippen LogP contribution in [0, 0.1) is 6.92 Å². The number of furan rings is 1. The van der Waals surface area contributed by atoms with Crippen molar-refractivity contribution in [2.75, 3.05) is 5.32 Å². The fourth-order valence-corrected chi connectivity index (χ4v) is 3.24. The molecule has 2 heterocycles. The van der Waals surface area contributed by atoms with Crippen molar-refractivity contribution in [3.05, 3.63) is 54.0 Å². The minimum absolute atomic E-state index is 0.0603. The molecule has 134 valence electrons. The summed E-state index contributed by atoms with van der Waals surface area (Å²) in [5.74, 6) is 0.140. The van der Waals surface area contributed by atoms with Crippen LogP contribution in [0.5, 0.6) is 0 Å². The van der Waals surface area contributed by atoms with Gasteiger partial charge in [0.25, 0.3) is 0 Å². The van der Waals surface area contributed by atoms with Gasteiger partial charge in [-0.3, -0.25) is 9.59 Å². The summed E-state index contributed by atoms with van der Waals surface area (Å²) in [7, 11) is 0. The Morgan fingerprint density at radius 1 is 1.31 bits per heavy atom. The Balaban J connectivity index is 1.59. The second kappa shape index (κ2) is 8.01. The lowest BCUT2D eigenvalue weighted by atomic mass is 10.2. The number of para-hydroxylation sites is 1. The summed E-state index contributed by atoms with van der Waals surface area (Å²) in [6, 6.07) is 11.0. The summed E-state index contributed by atoms with van der Waals surface area (Å²) in [5, 5.41) is 13.4. The number of nitrogens with zero attached hydrogens (tertiary/aromatic N) is 2. The van der Waals surface area contributed by atoms with Crippen molar-refractivity contribution in [1.29, 1.82) is 0 Å². The van der Waals surface area contributed by atoms with Crippen LogP contribution in [0.15, 0.2) is 57.3 Å². The van der Waals surface area contributed by atoms with E-state index in [1.54, 1.807) is 25.3 Å². The molecule has 0 aliphatic carbocycles.